The van der Waals surface area contributed by atoms with Crippen LogP contribution in [-0.4, -0.2) is 25.3 Å². The Morgan fingerprint density at radius 1 is 1.36 bits per heavy atom. The van der Waals surface area contributed by atoms with Gasteiger partial charge in [0.05, 0.1) is 0 Å². The molecule has 0 aromatic heterocycles. The van der Waals surface area contributed by atoms with Gasteiger partial charge in [-0.05, 0) is 0 Å². The Kier molecular flexibility index (Phi) is 6.36. The fourth-order valence-corrected chi connectivity index (χ4v) is 0.404. The maximum absolute atomic E-state index is 10.7. The Morgan fingerprint density at radius 3 is 2.64 bits per heavy atom. The van der Waals surface area contributed by atoms with E-state index >= 15 is 0 Å². The summed E-state index contributed by atoms with van der Waals surface area (Å²) in [6.07, 6.45) is 5.77. The zero-order valence-electron chi connectivity index (χ0n) is 7.53. The van der Waals surface area contributed by atoms with E-state index in [1.165, 1.54) is 6.92 Å². The monoisotopic (exact) mass is 196 g/mol. The van der Waals surface area contributed by atoms with Crippen molar-refractivity contribution in [1.82, 2.24) is 0 Å². The molecule has 0 heterocycles. The molecule has 0 aliphatic rings. The van der Waals surface area contributed by atoms with Crippen LogP contribution in [0, 0.1) is 24.4 Å². The van der Waals surface area contributed by atoms with Crippen molar-refractivity contribution >= 4 is 12.1 Å². The lowest BCUT2D eigenvalue weighted by molar-refractivity contribution is -0.146. The Labute approximate surface area is 81.3 Å². The van der Waals surface area contributed by atoms with Gasteiger partial charge in [0.1, 0.15) is 6.11 Å². The van der Waals surface area contributed by atoms with Crippen LogP contribution in [0.3, 0.4) is 0 Å². The molecule has 5 nitrogen and oxygen atoms in total. The second-order valence-corrected chi connectivity index (χ2v) is 1.86. The van der Waals surface area contributed by atoms with E-state index in [2.05, 4.69) is 26.1 Å². The van der Waals surface area contributed by atoms with E-state index in [9.17, 15) is 9.59 Å². The van der Waals surface area contributed by atoms with Crippen LogP contribution in [0.2, 0.25) is 0 Å². The number of carbonyl (C=O) groups excluding carboxylic acids is 2. The van der Waals surface area contributed by atoms with Gasteiger partial charge in [0, 0.05) is 6.92 Å². The molecule has 0 fully saturated rings. The van der Waals surface area contributed by atoms with E-state index in [0.717, 1.165) is 0 Å². The van der Waals surface area contributed by atoms with Gasteiger partial charge in [-0.1, -0.05) is 11.8 Å². The van der Waals surface area contributed by atoms with E-state index < -0.39 is 18.7 Å². The van der Waals surface area contributed by atoms with E-state index in [0.29, 0.717) is 0 Å². The number of ether oxygens (including phenoxy) is 3. The highest BCUT2D eigenvalue weighted by Gasteiger charge is 2.07. The molecule has 0 aliphatic carbocycles. The Hall–Kier alpha value is -2.14. The zero-order valence-corrected chi connectivity index (χ0v) is 7.53. The van der Waals surface area contributed by atoms with Crippen molar-refractivity contribution in [1.29, 1.82) is 0 Å². The van der Waals surface area contributed by atoms with Gasteiger partial charge < -0.3 is 14.2 Å². The molecule has 5 heteroatoms. The molecule has 14 heavy (non-hydrogen) atoms. The van der Waals surface area contributed by atoms with Gasteiger partial charge in [0.2, 0.25) is 0 Å². The Morgan fingerprint density at radius 2 is 2.07 bits per heavy atom. The van der Waals surface area contributed by atoms with Crippen LogP contribution in [0.5, 0.6) is 0 Å². The number of carbonyl (C=O) groups is 2. The van der Waals surface area contributed by atoms with Crippen LogP contribution in [-0.2, 0) is 19.0 Å². The molecule has 0 radical (unpaired) electrons. The molecule has 0 bridgehead atoms. The van der Waals surface area contributed by atoms with Crippen molar-refractivity contribution in [2.75, 3.05) is 13.2 Å². The van der Waals surface area contributed by atoms with Crippen LogP contribution in [0.25, 0.3) is 0 Å². The molecular weight excluding hydrogens is 188 g/mol. The summed E-state index contributed by atoms with van der Waals surface area (Å²) in [7, 11) is 0. The average molecular weight is 196 g/mol. The SMILES string of the molecule is C#CCOC(=O)COC(=O)OC#CC. The molecule has 0 unspecified atom stereocenters. The van der Waals surface area contributed by atoms with Gasteiger partial charge in [-0.3, -0.25) is 0 Å². The highest BCUT2D eigenvalue weighted by molar-refractivity contribution is 5.74. The van der Waals surface area contributed by atoms with Crippen LogP contribution in [0.15, 0.2) is 0 Å². The lowest BCUT2D eigenvalue weighted by Crippen LogP contribution is -2.16. The molecule has 0 atom stereocenters. The fraction of sp³-hybridized carbons (Fsp3) is 0.333. The first-order valence-corrected chi connectivity index (χ1v) is 3.55. The topological polar surface area (TPSA) is 61.8 Å². The largest absolute Gasteiger partial charge is 0.523 e. The Balaban J connectivity index is 3.60. The van der Waals surface area contributed by atoms with Gasteiger partial charge >= 0.3 is 12.1 Å². The molecule has 0 rings (SSSR count). The predicted molar refractivity (Wildman–Crippen MR) is 45.7 cm³/mol. The Bertz CT molecular complexity index is 301. The number of rotatable bonds is 3. The zero-order chi connectivity index (χ0) is 10.8. The maximum atomic E-state index is 10.7. The van der Waals surface area contributed by atoms with Crippen molar-refractivity contribution in [2.24, 2.45) is 0 Å². The molecule has 0 N–H and O–H groups in total. The molecular formula is C9H8O5. The van der Waals surface area contributed by atoms with E-state index in [1.54, 1.807) is 0 Å². The third-order valence-electron chi connectivity index (χ3n) is 0.861. The first-order chi connectivity index (χ1) is 6.70. The lowest BCUT2D eigenvalue weighted by atomic mass is 10.7. The summed E-state index contributed by atoms with van der Waals surface area (Å²) in [5.41, 5.74) is 0. The highest BCUT2D eigenvalue weighted by Crippen LogP contribution is 1.86. The quantitative estimate of drug-likeness (QED) is 0.479. The minimum absolute atomic E-state index is 0.161. The molecule has 74 valence electrons. The summed E-state index contributed by atoms with van der Waals surface area (Å²) in [5.74, 6) is 3.64. The van der Waals surface area contributed by atoms with Gasteiger partial charge in [-0.2, -0.15) is 0 Å². The second kappa shape index (κ2) is 7.51. The van der Waals surface area contributed by atoms with E-state index in [1.807, 2.05) is 6.11 Å². The molecule has 0 aliphatic heterocycles. The third kappa shape index (κ3) is 6.56. The van der Waals surface area contributed by atoms with Crippen LogP contribution in [0.4, 0.5) is 4.79 Å². The molecule has 0 aromatic carbocycles. The minimum Gasteiger partial charge on any atom is -0.450 e. The third-order valence-corrected chi connectivity index (χ3v) is 0.861. The second-order valence-electron chi connectivity index (χ2n) is 1.86. The summed E-state index contributed by atoms with van der Waals surface area (Å²) in [5, 5.41) is 0. The average Bonchev–Trinajstić information content (AvgIpc) is 2.20. The summed E-state index contributed by atoms with van der Waals surface area (Å²) in [6.45, 7) is 0.770. The van der Waals surface area contributed by atoms with Gasteiger partial charge in [-0.15, -0.1) is 6.42 Å². The molecule has 0 amide bonds. The first-order valence-electron chi connectivity index (χ1n) is 3.55. The molecule has 0 saturated carbocycles. The number of esters is 1. The van der Waals surface area contributed by atoms with Crippen molar-refractivity contribution in [3.63, 3.8) is 0 Å². The van der Waals surface area contributed by atoms with Crippen LogP contribution in [0.1, 0.15) is 6.92 Å². The first kappa shape index (κ1) is 11.9. The lowest BCUT2D eigenvalue weighted by Gasteiger charge is -2.00. The summed E-state index contributed by atoms with van der Waals surface area (Å²) in [6, 6.07) is 0. The van der Waals surface area contributed by atoms with Gasteiger partial charge in [-0.25, -0.2) is 9.59 Å². The molecule has 0 aromatic rings. The van der Waals surface area contributed by atoms with Gasteiger partial charge in [0.15, 0.2) is 13.2 Å². The van der Waals surface area contributed by atoms with E-state index in [4.69, 9.17) is 6.42 Å². The maximum Gasteiger partial charge on any atom is 0.523 e. The van der Waals surface area contributed by atoms with Crippen LogP contribution < -0.4 is 0 Å². The smallest absolute Gasteiger partial charge is 0.450 e. The summed E-state index contributed by atoms with van der Waals surface area (Å²) < 4.78 is 12.9. The standard InChI is InChI=1S/C9H8O5/c1-3-5-12-8(10)7-14-9(11)13-6-4-2/h1H,5,7H2,2H3. The fourth-order valence-electron chi connectivity index (χ4n) is 0.404. The minimum atomic E-state index is -1.06. The summed E-state index contributed by atoms with van der Waals surface area (Å²) >= 11 is 0. The molecule has 0 saturated heterocycles. The predicted octanol–water partition coefficient (Wildman–Crippen LogP) is 0.297. The summed E-state index contributed by atoms with van der Waals surface area (Å²) in [4.78, 5) is 21.3. The van der Waals surface area contributed by atoms with Crippen molar-refractivity contribution < 1.29 is 23.8 Å². The van der Waals surface area contributed by atoms with Gasteiger partial charge in [0.25, 0.3) is 0 Å². The van der Waals surface area contributed by atoms with Crippen LogP contribution >= 0.6 is 0 Å². The van der Waals surface area contributed by atoms with Crippen molar-refractivity contribution in [3.05, 3.63) is 0 Å². The normalized spacial score (nSPS) is 7.43. The number of hydrogen-bond donors (Lipinski definition) is 0. The van der Waals surface area contributed by atoms with E-state index in [-0.39, 0.29) is 6.61 Å². The molecule has 0 spiro atoms. The highest BCUT2D eigenvalue weighted by atomic mass is 16.7. The van der Waals surface area contributed by atoms with Crippen molar-refractivity contribution in [2.45, 2.75) is 6.92 Å². The van der Waals surface area contributed by atoms with Crippen molar-refractivity contribution in [3.8, 4) is 24.4 Å². The number of terminal acetylenes is 1. The number of hydrogen-bond acceptors (Lipinski definition) is 5.